The number of nitrogens with one attached hydrogen (secondary N) is 1. The van der Waals surface area contributed by atoms with Gasteiger partial charge in [-0.1, -0.05) is 0 Å². The van der Waals surface area contributed by atoms with E-state index in [0.717, 1.165) is 4.47 Å². The average molecular weight is 329 g/mol. The third-order valence-corrected chi connectivity index (χ3v) is 2.74. The van der Waals surface area contributed by atoms with Crippen molar-refractivity contribution in [3.05, 3.63) is 22.8 Å². The Morgan fingerprint density at radius 2 is 2.11 bits per heavy atom. The van der Waals surface area contributed by atoms with Crippen molar-refractivity contribution >= 4 is 33.6 Å². The van der Waals surface area contributed by atoms with Gasteiger partial charge in [0.05, 0.1) is 12.1 Å². The smallest absolute Gasteiger partial charge is 0.245 e. The highest BCUT2D eigenvalue weighted by Gasteiger charge is 2.26. The number of carbonyl (C=O) groups is 2. The van der Waals surface area contributed by atoms with Crippen LogP contribution in [0, 0.1) is 0 Å². The van der Waals surface area contributed by atoms with Crippen LogP contribution in [0.15, 0.2) is 22.8 Å². The molecule has 1 aromatic rings. The third-order valence-electron chi connectivity index (χ3n) is 2.27. The quantitative estimate of drug-likeness (QED) is 0.862. The van der Waals surface area contributed by atoms with E-state index in [1.807, 2.05) is 0 Å². The molecule has 19 heavy (non-hydrogen) atoms. The summed E-state index contributed by atoms with van der Waals surface area (Å²) in [6, 6.07) is 3.43. The Bertz CT molecular complexity index is 468. The van der Waals surface area contributed by atoms with Crippen LogP contribution in [0.1, 0.15) is 13.8 Å². The van der Waals surface area contributed by atoms with Crippen LogP contribution in [0.25, 0.3) is 0 Å². The van der Waals surface area contributed by atoms with Crippen molar-refractivity contribution in [3.63, 3.8) is 0 Å². The van der Waals surface area contributed by atoms with Crippen LogP contribution in [0.4, 0.5) is 5.82 Å². The molecule has 0 fully saturated rings. The Morgan fingerprint density at radius 3 is 2.58 bits per heavy atom. The summed E-state index contributed by atoms with van der Waals surface area (Å²) in [5.74, 6) is -0.192. The highest BCUT2D eigenvalue weighted by Crippen LogP contribution is 2.10. The number of amides is 2. The number of pyridine rings is 1. The molecule has 0 radical (unpaired) electrons. The minimum absolute atomic E-state index is 0.0722. The molecular weight excluding hydrogens is 312 g/mol. The maximum atomic E-state index is 11.8. The maximum absolute atomic E-state index is 11.8. The van der Waals surface area contributed by atoms with E-state index in [-0.39, 0.29) is 18.4 Å². The van der Waals surface area contributed by atoms with Crippen molar-refractivity contribution < 1.29 is 9.59 Å². The van der Waals surface area contributed by atoms with Gasteiger partial charge in [-0.25, -0.2) is 4.98 Å². The van der Waals surface area contributed by atoms with Crippen molar-refractivity contribution in [2.75, 3.05) is 18.9 Å². The fourth-order valence-corrected chi connectivity index (χ4v) is 1.65. The zero-order chi connectivity index (χ0) is 14.6. The average Bonchev–Trinajstić information content (AvgIpc) is 2.29. The first-order valence-electron chi connectivity index (χ1n) is 5.66. The molecule has 0 unspecified atom stereocenters. The first-order chi connectivity index (χ1) is 8.70. The summed E-state index contributed by atoms with van der Waals surface area (Å²) in [7, 11) is 1.53. The van der Waals surface area contributed by atoms with Gasteiger partial charge in [-0.05, 0) is 41.9 Å². The second-order valence-electron chi connectivity index (χ2n) is 4.79. The van der Waals surface area contributed by atoms with E-state index in [9.17, 15) is 9.59 Å². The van der Waals surface area contributed by atoms with Gasteiger partial charge in [-0.3, -0.25) is 9.59 Å². The van der Waals surface area contributed by atoms with E-state index in [1.54, 1.807) is 32.2 Å². The zero-order valence-corrected chi connectivity index (χ0v) is 12.7. The Morgan fingerprint density at radius 1 is 1.47 bits per heavy atom. The number of likely N-dealkylation sites (N-methyl/N-ethyl adjacent to an activating group) is 1. The molecule has 1 heterocycles. The van der Waals surface area contributed by atoms with Crippen molar-refractivity contribution in [2.24, 2.45) is 5.73 Å². The van der Waals surface area contributed by atoms with Gasteiger partial charge >= 0.3 is 0 Å². The SMILES string of the molecule is CN(CC(=O)Nc1ccc(Br)cn1)C(=O)C(C)(C)N. The molecule has 0 aromatic carbocycles. The van der Waals surface area contributed by atoms with Crippen LogP contribution in [0.5, 0.6) is 0 Å². The van der Waals surface area contributed by atoms with E-state index in [1.165, 1.54) is 11.9 Å². The fourth-order valence-electron chi connectivity index (χ4n) is 1.41. The van der Waals surface area contributed by atoms with Gasteiger partial charge in [0.15, 0.2) is 0 Å². The monoisotopic (exact) mass is 328 g/mol. The minimum Gasteiger partial charge on any atom is -0.335 e. The molecule has 6 nitrogen and oxygen atoms in total. The number of aromatic nitrogens is 1. The van der Waals surface area contributed by atoms with Gasteiger partial charge in [0.1, 0.15) is 5.82 Å². The van der Waals surface area contributed by atoms with Crippen LogP contribution in [0.3, 0.4) is 0 Å². The lowest BCUT2D eigenvalue weighted by atomic mass is 10.1. The highest BCUT2D eigenvalue weighted by atomic mass is 79.9. The number of nitrogens with two attached hydrogens (primary N) is 1. The first kappa shape index (κ1) is 15.6. The van der Waals surface area contributed by atoms with Crippen molar-refractivity contribution in [1.29, 1.82) is 0 Å². The molecule has 0 spiro atoms. The normalized spacial score (nSPS) is 11.0. The lowest BCUT2D eigenvalue weighted by molar-refractivity contribution is -0.137. The molecule has 0 saturated carbocycles. The molecule has 0 aliphatic heterocycles. The molecule has 7 heteroatoms. The third kappa shape index (κ3) is 4.96. The molecule has 1 rings (SSSR count). The van der Waals surface area contributed by atoms with Gasteiger partial charge < -0.3 is 16.0 Å². The summed E-state index contributed by atoms with van der Waals surface area (Å²) in [4.78, 5) is 28.8. The van der Waals surface area contributed by atoms with Gasteiger partial charge in [0.25, 0.3) is 0 Å². The van der Waals surface area contributed by atoms with Gasteiger partial charge in [-0.2, -0.15) is 0 Å². The molecule has 104 valence electrons. The second kappa shape index (κ2) is 6.12. The number of nitrogens with zero attached hydrogens (tertiary/aromatic N) is 2. The van der Waals surface area contributed by atoms with Crippen LogP contribution in [0.2, 0.25) is 0 Å². The number of hydrogen-bond acceptors (Lipinski definition) is 4. The summed E-state index contributed by atoms with van der Waals surface area (Å²) in [6.07, 6.45) is 1.58. The summed E-state index contributed by atoms with van der Waals surface area (Å²) < 4.78 is 0.822. The summed E-state index contributed by atoms with van der Waals surface area (Å²) >= 11 is 3.25. The summed E-state index contributed by atoms with van der Waals surface area (Å²) in [6.45, 7) is 3.12. The molecule has 1 aromatic heterocycles. The van der Waals surface area contributed by atoms with Crippen molar-refractivity contribution in [2.45, 2.75) is 19.4 Å². The Kier molecular flexibility index (Phi) is 5.02. The molecule has 2 amide bonds. The predicted molar refractivity (Wildman–Crippen MR) is 76.5 cm³/mol. The zero-order valence-electron chi connectivity index (χ0n) is 11.1. The lowest BCUT2D eigenvalue weighted by Gasteiger charge is -2.25. The minimum atomic E-state index is -0.995. The molecule has 0 atom stereocenters. The standard InChI is InChI=1S/C12H17BrN4O2/c1-12(2,14)11(19)17(3)7-10(18)16-9-5-4-8(13)6-15-9/h4-6H,7,14H2,1-3H3,(H,15,16,18). The Labute approximate surface area is 120 Å². The van der Waals surface area contributed by atoms with Crippen molar-refractivity contribution in [1.82, 2.24) is 9.88 Å². The highest BCUT2D eigenvalue weighted by molar-refractivity contribution is 9.10. The molecular formula is C12H17BrN4O2. The predicted octanol–water partition coefficient (Wildman–Crippen LogP) is 0.978. The largest absolute Gasteiger partial charge is 0.335 e. The fraction of sp³-hybridized carbons (Fsp3) is 0.417. The summed E-state index contributed by atoms with van der Waals surface area (Å²) in [5, 5.41) is 2.60. The van der Waals surface area contributed by atoms with Gasteiger partial charge in [0, 0.05) is 17.7 Å². The number of hydrogen-bond donors (Lipinski definition) is 2. The van der Waals surface area contributed by atoms with Crippen molar-refractivity contribution in [3.8, 4) is 0 Å². The maximum Gasteiger partial charge on any atom is 0.245 e. The van der Waals surface area contributed by atoms with E-state index < -0.39 is 5.54 Å². The van der Waals surface area contributed by atoms with E-state index in [2.05, 4.69) is 26.2 Å². The molecule has 0 aliphatic carbocycles. The molecule has 3 N–H and O–H groups in total. The van der Waals surface area contributed by atoms with Gasteiger partial charge in [-0.15, -0.1) is 0 Å². The van der Waals surface area contributed by atoms with Crippen LogP contribution in [-0.2, 0) is 9.59 Å². The second-order valence-corrected chi connectivity index (χ2v) is 5.71. The number of halogens is 1. The van der Waals surface area contributed by atoms with Crippen LogP contribution in [-0.4, -0.2) is 40.8 Å². The van der Waals surface area contributed by atoms with E-state index >= 15 is 0 Å². The topological polar surface area (TPSA) is 88.3 Å². The van der Waals surface area contributed by atoms with Crippen LogP contribution >= 0.6 is 15.9 Å². The Hall–Kier alpha value is -1.47. The van der Waals surface area contributed by atoms with Gasteiger partial charge in [0.2, 0.25) is 11.8 Å². The van der Waals surface area contributed by atoms with Crippen LogP contribution < -0.4 is 11.1 Å². The molecule has 0 aliphatic rings. The number of carbonyl (C=O) groups excluding carboxylic acids is 2. The Balaban J connectivity index is 2.56. The lowest BCUT2D eigenvalue weighted by Crippen LogP contribution is -2.51. The number of anilines is 1. The summed E-state index contributed by atoms with van der Waals surface area (Å²) in [5.41, 5.74) is 4.69. The van der Waals surface area contributed by atoms with E-state index in [4.69, 9.17) is 5.73 Å². The first-order valence-corrected chi connectivity index (χ1v) is 6.45. The molecule has 0 saturated heterocycles. The molecule has 0 bridgehead atoms. The van der Waals surface area contributed by atoms with E-state index in [0.29, 0.717) is 5.82 Å². The number of rotatable bonds is 4.